The van der Waals surface area contributed by atoms with Crippen LogP contribution in [0.3, 0.4) is 0 Å². The number of rotatable bonds is 5. The molecule has 0 aliphatic heterocycles. The van der Waals surface area contributed by atoms with Gasteiger partial charge in [0.1, 0.15) is 12.4 Å². The summed E-state index contributed by atoms with van der Waals surface area (Å²) in [4.78, 5) is 0. The maximum atomic E-state index is 13.4. The van der Waals surface area contributed by atoms with Gasteiger partial charge in [0.05, 0.1) is 0 Å². The van der Waals surface area contributed by atoms with Crippen LogP contribution < -0.4 is 10.1 Å². The van der Waals surface area contributed by atoms with Gasteiger partial charge in [0.15, 0.2) is 11.6 Å². The molecule has 100 valence electrons. The number of hydrogen-bond donors (Lipinski definition) is 1. The molecule has 0 spiro atoms. The van der Waals surface area contributed by atoms with E-state index in [0.29, 0.717) is 0 Å². The Morgan fingerprint density at radius 3 is 2.63 bits per heavy atom. The standard InChI is InChI=1S/C15H15F2NO/c1-18-9-11-3-2-4-12(7-11)10-19-15-8-13(16)5-6-14(15)17/h2-8,18H,9-10H2,1H3. The van der Waals surface area contributed by atoms with Crippen molar-refractivity contribution in [2.45, 2.75) is 13.2 Å². The molecule has 1 N–H and O–H groups in total. The number of hydrogen-bond acceptors (Lipinski definition) is 2. The van der Waals surface area contributed by atoms with Gasteiger partial charge in [-0.25, -0.2) is 8.78 Å². The van der Waals surface area contributed by atoms with Crippen molar-refractivity contribution in [3.63, 3.8) is 0 Å². The molecule has 0 aromatic heterocycles. The summed E-state index contributed by atoms with van der Waals surface area (Å²) in [6.45, 7) is 0.958. The molecule has 2 rings (SSSR count). The molecule has 19 heavy (non-hydrogen) atoms. The van der Waals surface area contributed by atoms with Crippen LogP contribution in [-0.4, -0.2) is 7.05 Å². The zero-order valence-electron chi connectivity index (χ0n) is 10.6. The van der Waals surface area contributed by atoms with Crippen LogP contribution in [0.4, 0.5) is 8.78 Å². The molecule has 0 atom stereocenters. The number of halogens is 2. The van der Waals surface area contributed by atoms with E-state index in [1.54, 1.807) is 0 Å². The summed E-state index contributed by atoms with van der Waals surface area (Å²) >= 11 is 0. The lowest BCUT2D eigenvalue weighted by Gasteiger charge is -2.08. The first-order valence-electron chi connectivity index (χ1n) is 5.99. The van der Waals surface area contributed by atoms with Crippen molar-refractivity contribution in [1.82, 2.24) is 5.32 Å². The number of nitrogens with one attached hydrogen (secondary N) is 1. The minimum absolute atomic E-state index is 0.0704. The zero-order chi connectivity index (χ0) is 13.7. The van der Waals surface area contributed by atoms with Crippen LogP contribution in [0.25, 0.3) is 0 Å². The van der Waals surface area contributed by atoms with Gasteiger partial charge >= 0.3 is 0 Å². The Hall–Kier alpha value is -1.94. The molecule has 0 saturated heterocycles. The van der Waals surface area contributed by atoms with Crippen molar-refractivity contribution in [3.8, 4) is 5.75 Å². The second kappa shape index (κ2) is 6.29. The van der Waals surface area contributed by atoms with E-state index in [9.17, 15) is 8.78 Å². The van der Waals surface area contributed by atoms with Crippen molar-refractivity contribution in [2.75, 3.05) is 7.05 Å². The Kier molecular flexibility index (Phi) is 4.47. The molecular weight excluding hydrogens is 248 g/mol. The summed E-state index contributed by atoms with van der Waals surface area (Å²) < 4.78 is 31.7. The van der Waals surface area contributed by atoms with Gasteiger partial charge in [-0.3, -0.25) is 0 Å². The Morgan fingerprint density at radius 1 is 1.05 bits per heavy atom. The maximum Gasteiger partial charge on any atom is 0.165 e. The molecule has 0 aliphatic rings. The van der Waals surface area contributed by atoms with Crippen LogP contribution in [0.2, 0.25) is 0 Å². The summed E-state index contributed by atoms with van der Waals surface area (Å²) in [5, 5.41) is 3.05. The average molecular weight is 263 g/mol. The molecule has 0 radical (unpaired) electrons. The van der Waals surface area contributed by atoms with E-state index >= 15 is 0 Å². The fourth-order valence-corrected chi connectivity index (χ4v) is 1.78. The zero-order valence-corrected chi connectivity index (χ0v) is 10.6. The summed E-state index contributed by atoms with van der Waals surface area (Å²) in [7, 11) is 1.87. The minimum Gasteiger partial charge on any atom is -0.486 e. The van der Waals surface area contributed by atoms with Crippen LogP contribution >= 0.6 is 0 Å². The lowest BCUT2D eigenvalue weighted by molar-refractivity contribution is 0.288. The number of benzene rings is 2. The van der Waals surface area contributed by atoms with Gasteiger partial charge in [-0.05, 0) is 30.3 Å². The Morgan fingerprint density at radius 2 is 1.84 bits per heavy atom. The van der Waals surface area contributed by atoms with Crippen molar-refractivity contribution in [1.29, 1.82) is 0 Å². The van der Waals surface area contributed by atoms with Crippen molar-refractivity contribution < 1.29 is 13.5 Å². The largest absolute Gasteiger partial charge is 0.486 e. The average Bonchev–Trinajstić information content (AvgIpc) is 2.41. The topological polar surface area (TPSA) is 21.3 Å². The highest BCUT2D eigenvalue weighted by Crippen LogP contribution is 2.19. The van der Waals surface area contributed by atoms with Gasteiger partial charge < -0.3 is 10.1 Å². The summed E-state index contributed by atoms with van der Waals surface area (Å²) in [6, 6.07) is 10.9. The Bertz CT molecular complexity index is 558. The third-order valence-corrected chi connectivity index (χ3v) is 2.66. The minimum atomic E-state index is -0.562. The van der Waals surface area contributed by atoms with Crippen molar-refractivity contribution in [2.24, 2.45) is 0 Å². The van der Waals surface area contributed by atoms with E-state index in [2.05, 4.69) is 5.32 Å². The third-order valence-electron chi connectivity index (χ3n) is 2.66. The molecule has 0 aliphatic carbocycles. The van der Waals surface area contributed by atoms with Crippen LogP contribution in [0.1, 0.15) is 11.1 Å². The molecule has 0 unspecified atom stereocenters. The van der Waals surface area contributed by atoms with Gasteiger partial charge in [-0.2, -0.15) is 0 Å². The first-order chi connectivity index (χ1) is 9.19. The second-order valence-corrected chi connectivity index (χ2v) is 4.21. The van der Waals surface area contributed by atoms with Gasteiger partial charge in [0.25, 0.3) is 0 Å². The molecule has 0 saturated carbocycles. The molecule has 4 heteroatoms. The van der Waals surface area contributed by atoms with Crippen LogP contribution in [0.15, 0.2) is 42.5 Å². The Balaban J connectivity index is 2.05. The lowest BCUT2D eigenvalue weighted by Crippen LogP contribution is -2.06. The van der Waals surface area contributed by atoms with Gasteiger partial charge in [-0.1, -0.05) is 24.3 Å². The first-order valence-corrected chi connectivity index (χ1v) is 5.99. The fourth-order valence-electron chi connectivity index (χ4n) is 1.78. The molecule has 0 amide bonds. The van der Waals surface area contributed by atoms with E-state index in [0.717, 1.165) is 35.9 Å². The predicted molar refractivity (Wildman–Crippen MR) is 69.9 cm³/mol. The molecule has 2 nitrogen and oxygen atoms in total. The van der Waals surface area contributed by atoms with Gasteiger partial charge in [0, 0.05) is 12.6 Å². The van der Waals surface area contributed by atoms with Crippen LogP contribution in [0.5, 0.6) is 5.75 Å². The third kappa shape index (κ3) is 3.76. The lowest BCUT2D eigenvalue weighted by atomic mass is 10.1. The van der Waals surface area contributed by atoms with E-state index < -0.39 is 11.6 Å². The molecule has 0 bridgehead atoms. The fraction of sp³-hybridized carbons (Fsp3) is 0.200. The smallest absolute Gasteiger partial charge is 0.165 e. The summed E-state index contributed by atoms with van der Waals surface area (Å²) in [6.07, 6.45) is 0. The predicted octanol–water partition coefficient (Wildman–Crippen LogP) is 3.26. The molecule has 0 heterocycles. The van der Waals surface area contributed by atoms with E-state index in [1.807, 2.05) is 31.3 Å². The maximum absolute atomic E-state index is 13.4. The highest BCUT2D eigenvalue weighted by atomic mass is 19.1. The van der Waals surface area contributed by atoms with E-state index in [1.165, 1.54) is 0 Å². The van der Waals surface area contributed by atoms with Crippen molar-refractivity contribution in [3.05, 3.63) is 65.2 Å². The van der Waals surface area contributed by atoms with Crippen LogP contribution in [0, 0.1) is 11.6 Å². The molecule has 0 fully saturated rings. The van der Waals surface area contributed by atoms with E-state index in [4.69, 9.17) is 4.74 Å². The molecule has 2 aromatic carbocycles. The molecule has 2 aromatic rings. The number of ether oxygens (including phenoxy) is 1. The molecular formula is C15H15F2NO. The van der Waals surface area contributed by atoms with Gasteiger partial charge in [0.2, 0.25) is 0 Å². The summed E-state index contributed by atoms with van der Waals surface area (Å²) in [5.41, 5.74) is 2.03. The monoisotopic (exact) mass is 263 g/mol. The summed E-state index contributed by atoms with van der Waals surface area (Å²) in [5.74, 6) is -1.15. The van der Waals surface area contributed by atoms with Crippen molar-refractivity contribution >= 4 is 0 Å². The quantitative estimate of drug-likeness (QED) is 0.894. The second-order valence-electron chi connectivity index (χ2n) is 4.21. The Labute approximate surface area is 111 Å². The van der Waals surface area contributed by atoms with E-state index in [-0.39, 0.29) is 12.4 Å². The highest BCUT2D eigenvalue weighted by Gasteiger charge is 2.05. The SMILES string of the molecule is CNCc1cccc(COc2cc(F)ccc2F)c1. The highest BCUT2D eigenvalue weighted by molar-refractivity contribution is 5.27. The van der Waals surface area contributed by atoms with Gasteiger partial charge in [-0.15, -0.1) is 0 Å². The normalized spacial score (nSPS) is 10.5. The first kappa shape index (κ1) is 13.5. The van der Waals surface area contributed by atoms with Crippen LogP contribution in [-0.2, 0) is 13.2 Å².